The lowest BCUT2D eigenvalue weighted by molar-refractivity contribution is 0.0945. The van der Waals surface area contributed by atoms with Gasteiger partial charge in [0.2, 0.25) is 0 Å². The highest BCUT2D eigenvalue weighted by atomic mass is 35.5. The number of hydrogen-bond donors (Lipinski definition) is 2. The standard InChI is InChI=1S/C26H21ClN6O2/c27-19-8-9-21-20(14-19)23(32-31-21)15-29-26(35)22-10-11-28-24(30-22)13-17-4-6-18(7-5-17)16-33-12-2-1-3-25(33)34/h1-12,14H,13,15-16H2,(H,29,35)(H,31,32). The maximum Gasteiger partial charge on any atom is 0.270 e. The number of H-pyrrole nitrogens is 1. The first-order valence-corrected chi connectivity index (χ1v) is 11.4. The lowest BCUT2D eigenvalue weighted by Crippen LogP contribution is -2.24. The molecule has 8 nitrogen and oxygen atoms in total. The normalized spacial score (nSPS) is 11.0. The number of pyridine rings is 1. The number of benzene rings is 2. The molecule has 0 bridgehead atoms. The highest BCUT2D eigenvalue weighted by Crippen LogP contribution is 2.20. The summed E-state index contributed by atoms with van der Waals surface area (Å²) in [4.78, 5) is 33.3. The molecule has 0 aliphatic rings. The molecular formula is C26H21ClN6O2. The summed E-state index contributed by atoms with van der Waals surface area (Å²) in [7, 11) is 0. The number of nitrogens with one attached hydrogen (secondary N) is 2. The van der Waals surface area contributed by atoms with Crippen LogP contribution in [0.2, 0.25) is 5.02 Å². The van der Waals surface area contributed by atoms with Gasteiger partial charge in [0, 0.05) is 35.3 Å². The Labute approximate surface area is 205 Å². The number of halogens is 1. The number of aromatic nitrogens is 5. The largest absolute Gasteiger partial charge is 0.345 e. The number of carbonyl (C=O) groups is 1. The highest BCUT2D eigenvalue weighted by molar-refractivity contribution is 6.31. The fourth-order valence-electron chi connectivity index (χ4n) is 3.77. The van der Waals surface area contributed by atoms with Crippen molar-refractivity contribution in [2.24, 2.45) is 0 Å². The van der Waals surface area contributed by atoms with Gasteiger partial charge >= 0.3 is 0 Å². The van der Waals surface area contributed by atoms with E-state index in [1.165, 1.54) is 0 Å². The Hall–Kier alpha value is -4.30. The lowest BCUT2D eigenvalue weighted by atomic mass is 10.1. The van der Waals surface area contributed by atoms with Crippen LogP contribution >= 0.6 is 11.6 Å². The topological polar surface area (TPSA) is 106 Å². The molecule has 9 heteroatoms. The molecule has 0 saturated heterocycles. The maximum absolute atomic E-state index is 12.7. The summed E-state index contributed by atoms with van der Waals surface area (Å²) in [6.07, 6.45) is 3.83. The fourth-order valence-corrected chi connectivity index (χ4v) is 3.95. The SMILES string of the molecule is O=C(NCc1n[nH]c2ccc(Cl)cc12)c1ccnc(Cc2ccc(Cn3ccccc3=O)cc2)n1. The Morgan fingerprint density at radius 1 is 1.03 bits per heavy atom. The van der Waals surface area contributed by atoms with Gasteiger partial charge in [-0.2, -0.15) is 5.10 Å². The number of rotatable bonds is 7. The second-order valence-corrected chi connectivity index (χ2v) is 8.50. The number of nitrogens with zero attached hydrogens (tertiary/aromatic N) is 4. The summed E-state index contributed by atoms with van der Waals surface area (Å²) in [5.41, 5.74) is 3.82. The molecule has 2 aromatic carbocycles. The van der Waals surface area contributed by atoms with Gasteiger partial charge in [-0.05, 0) is 41.5 Å². The van der Waals surface area contributed by atoms with Crippen LogP contribution < -0.4 is 10.9 Å². The van der Waals surface area contributed by atoms with E-state index in [1.54, 1.807) is 41.2 Å². The molecular weight excluding hydrogens is 464 g/mol. The van der Waals surface area contributed by atoms with E-state index >= 15 is 0 Å². The highest BCUT2D eigenvalue weighted by Gasteiger charge is 2.12. The molecule has 35 heavy (non-hydrogen) atoms. The summed E-state index contributed by atoms with van der Waals surface area (Å²) < 4.78 is 1.65. The molecule has 0 aliphatic carbocycles. The zero-order valence-corrected chi connectivity index (χ0v) is 19.4. The second kappa shape index (κ2) is 9.90. The number of hydrogen-bond acceptors (Lipinski definition) is 5. The molecule has 0 fully saturated rings. The number of aromatic amines is 1. The zero-order valence-electron chi connectivity index (χ0n) is 18.6. The minimum atomic E-state index is -0.310. The van der Waals surface area contributed by atoms with Crippen molar-refractivity contribution >= 4 is 28.4 Å². The van der Waals surface area contributed by atoms with Gasteiger partial charge in [0.25, 0.3) is 11.5 Å². The van der Waals surface area contributed by atoms with Gasteiger partial charge in [-0.3, -0.25) is 14.7 Å². The van der Waals surface area contributed by atoms with Crippen molar-refractivity contribution in [1.82, 2.24) is 30.0 Å². The van der Waals surface area contributed by atoms with E-state index in [1.807, 2.05) is 42.5 Å². The Balaban J connectivity index is 1.23. The Bertz CT molecular complexity index is 1560. The molecule has 5 aromatic rings. The fraction of sp³-hybridized carbons (Fsp3) is 0.115. The van der Waals surface area contributed by atoms with E-state index in [0.717, 1.165) is 22.0 Å². The first-order chi connectivity index (χ1) is 17.0. The van der Waals surface area contributed by atoms with Crippen molar-refractivity contribution < 1.29 is 4.79 Å². The van der Waals surface area contributed by atoms with Crippen LogP contribution in [0.5, 0.6) is 0 Å². The van der Waals surface area contributed by atoms with Crippen LogP contribution in [-0.4, -0.2) is 30.6 Å². The summed E-state index contributed by atoms with van der Waals surface area (Å²) in [5, 5.41) is 11.5. The summed E-state index contributed by atoms with van der Waals surface area (Å²) in [5.74, 6) is 0.233. The average molecular weight is 485 g/mol. The minimum absolute atomic E-state index is 0.0376. The third-order valence-electron chi connectivity index (χ3n) is 5.60. The van der Waals surface area contributed by atoms with Crippen molar-refractivity contribution in [1.29, 1.82) is 0 Å². The van der Waals surface area contributed by atoms with Gasteiger partial charge in [0.1, 0.15) is 11.5 Å². The Kier molecular flexibility index (Phi) is 6.36. The van der Waals surface area contributed by atoms with E-state index in [0.29, 0.717) is 29.5 Å². The van der Waals surface area contributed by atoms with E-state index in [9.17, 15) is 9.59 Å². The van der Waals surface area contributed by atoms with E-state index in [2.05, 4.69) is 25.5 Å². The first kappa shape index (κ1) is 22.5. The quantitative estimate of drug-likeness (QED) is 0.366. The summed E-state index contributed by atoms with van der Waals surface area (Å²) in [6.45, 7) is 0.744. The smallest absolute Gasteiger partial charge is 0.270 e. The molecule has 3 aromatic heterocycles. The van der Waals surface area contributed by atoms with Crippen LogP contribution in [0.3, 0.4) is 0 Å². The van der Waals surface area contributed by atoms with Crippen LogP contribution in [0.1, 0.15) is 33.1 Å². The molecule has 3 heterocycles. The van der Waals surface area contributed by atoms with Crippen LogP contribution in [-0.2, 0) is 19.5 Å². The lowest BCUT2D eigenvalue weighted by Gasteiger charge is -2.07. The predicted molar refractivity (Wildman–Crippen MR) is 133 cm³/mol. The average Bonchev–Trinajstić information content (AvgIpc) is 3.27. The molecule has 0 spiro atoms. The van der Waals surface area contributed by atoms with E-state index in [4.69, 9.17) is 11.6 Å². The molecule has 174 valence electrons. The van der Waals surface area contributed by atoms with E-state index in [-0.39, 0.29) is 23.7 Å². The van der Waals surface area contributed by atoms with Gasteiger partial charge in [0.15, 0.2) is 0 Å². The van der Waals surface area contributed by atoms with Crippen LogP contribution in [0.25, 0.3) is 10.9 Å². The number of fused-ring (bicyclic) bond motifs is 1. The number of carbonyl (C=O) groups excluding carboxylic acids is 1. The molecule has 0 atom stereocenters. The van der Waals surface area contributed by atoms with Crippen molar-refractivity contribution in [2.75, 3.05) is 0 Å². The van der Waals surface area contributed by atoms with Crippen LogP contribution in [0.15, 0.2) is 83.9 Å². The second-order valence-electron chi connectivity index (χ2n) is 8.06. The third kappa shape index (κ3) is 5.28. The van der Waals surface area contributed by atoms with E-state index < -0.39 is 0 Å². The van der Waals surface area contributed by atoms with Crippen LogP contribution in [0.4, 0.5) is 0 Å². The van der Waals surface area contributed by atoms with Crippen molar-refractivity contribution in [3.8, 4) is 0 Å². The van der Waals surface area contributed by atoms with Crippen molar-refractivity contribution in [3.05, 3.63) is 123 Å². The molecule has 0 aliphatic heterocycles. The molecule has 0 saturated carbocycles. The number of amides is 1. The molecule has 0 unspecified atom stereocenters. The van der Waals surface area contributed by atoms with Gasteiger partial charge < -0.3 is 9.88 Å². The van der Waals surface area contributed by atoms with Gasteiger partial charge in [-0.15, -0.1) is 0 Å². The van der Waals surface area contributed by atoms with Crippen molar-refractivity contribution in [2.45, 2.75) is 19.5 Å². The zero-order chi connectivity index (χ0) is 24.2. The Morgan fingerprint density at radius 3 is 2.69 bits per heavy atom. The Morgan fingerprint density at radius 2 is 1.86 bits per heavy atom. The molecule has 5 rings (SSSR count). The monoisotopic (exact) mass is 484 g/mol. The summed E-state index contributed by atoms with van der Waals surface area (Å²) in [6, 6.07) is 20.0. The van der Waals surface area contributed by atoms with Gasteiger partial charge in [-0.1, -0.05) is 41.9 Å². The van der Waals surface area contributed by atoms with Gasteiger partial charge in [-0.25, -0.2) is 9.97 Å². The van der Waals surface area contributed by atoms with Crippen molar-refractivity contribution in [3.63, 3.8) is 0 Å². The molecule has 1 amide bonds. The molecule has 0 radical (unpaired) electrons. The minimum Gasteiger partial charge on any atom is -0.345 e. The third-order valence-corrected chi connectivity index (χ3v) is 5.83. The molecule has 2 N–H and O–H groups in total. The van der Waals surface area contributed by atoms with Crippen LogP contribution in [0, 0.1) is 0 Å². The first-order valence-electron chi connectivity index (χ1n) is 11.0. The predicted octanol–water partition coefficient (Wildman–Crippen LogP) is 3.74. The van der Waals surface area contributed by atoms with Gasteiger partial charge in [0.05, 0.1) is 24.3 Å². The maximum atomic E-state index is 12.7. The summed E-state index contributed by atoms with van der Waals surface area (Å²) >= 11 is 6.08.